The fourth-order valence-electron chi connectivity index (χ4n) is 2.74. The molecule has 4 heteroatoms. The van der Waals surface area contributed by atoms with E-state index in [1.165, 1.54) is 5.56 Å². The summed E-state index contributed by atoms with van der Waals surface area (Å²) in [6, 6.07) is 10.3. The van der Waals surface area contributed by atoms with Gasteiger partial charge in [-0.15, -0.1) is 0 Å². The molecule has 20 heavy (non-hydrogen) atoms. The Morgan fingerprint density at radius 2 is 2.30 bits per heavy atom. The summed E-state index contributed by atoms with van der Waals surface area (Å²) in [6.07, 6.45) is 2.12. The van der Waals surface area contributed by atoms with Gasteiger partial charge in [0.05, 0.1) is 6.04 Å². The standard InChI is InChI=1S/C16H18N2OS/c1-12-4-2-5-14(10-12)17-16(19)18-8-3-6-15(18)13-7-9-20-11-13/h2,4-5,7,9-11,15H,3,6,8H2,1H3,(H,17,19)/t15-/m1/s1. The van der Waals surface area contributed by atoms with Crippen LogP contribution in [-0.2, 0) is 0 Å². The van der Waals surface area contributed by atoms with E-state index in [9.17, 15) is 4.79 Å². The van der Waals surface area contributed by atoms with Gasteiger partial charge in [-0.1, -0.05) is 12.1 Å². The van der Waals surface area contributed by atoms with Gasteiger partial charge in [0, 0.05) is 12.2 Å². The van der Waals surface area contributed by atoms with Crippen molar-refractivity contribution in [1.29, 1.82) is 0 Å². The van der Waals surface area contributed by atoms with Gasteiger partial charge in [0.25, 0.3) is 0 Å². The Morgan fingerprint density at radius 3 is 3.05 bits per heavy atom. The summed E-state index contributed by atoms with van der Waals surface area (Å²) in [5.41, 5.74) is 3.27. The van der Waals surface area contributed by atoms with Gasteiger partial charge < -0.3 is 10.2 Å². The molecule has 1 saturated heterocycles. The summed E-state index contributed by atoms with van der Waals surface area (Å²) < 4.78 is 0. The smallest absolute Gasteiger partial charge is 0.317 e. The fourth-order valence-corrected chi connectivity index (χ4v) is 3.45. The first-order valence-electron chi connectivity index (χ1n) is 6.90. The molecule has 1 aromatic heterocycles. The van der Waals surface area contributed by atoms with E-state index in [2.05, 4.69) is 22.1 Å². The summed E-state index contributed by atoms with van der Waals surface area (Å²) in [6.45, 7) is 2.86. The van der Waals surface area contributed by atoms with Crippen LogP contribution in [0.5, 0.6) is 0 Å². The number of urea groups is 1. The van der Waals surface area contributed by atoms with Crippen molar-refractivity contribution < 1.29 is 4.79 Å². The van der Waals surface area contributed by atoms with Crippen LogP contribution in [0.25, 0.3) is 0 Å². The number of rotatable bonds is 2. The molecular weight excluding hydrogens is 268 g/mol. The highest BCUT2D eigenvalue weighted by Crippen LogP contribution is 2.33. The quantitative estimate of drug-likeness (QED) is 0.870. The lowest BCUT2D eigenvalue weighted by atomic mass is 10.1. The molecule has 0 aliphatic carbocycles. The summed E-state index contributed by atoms with van der Waals surface area (Å²) in [5.74, 6) is 0. The minimum Gasteiger partial charge on any atom is -0.317 e. The lowest BCUT2D eigenvalue weighted by Gasteiger charge is -2.24. The van der Waals surface area contributed by atoms with Gasteiger partial charge >= 0.3 is 6.03 Å². The zero-order valence-corrected chi connectivity index (χ0v) is 12.3. The molecular formula is C16H18N2OS. The first kappa shape index (κ1) is 13.2. The molecule has 0 saturated carbocycles. The number of aryl methyl sites for hydroxylation is 1. The third kappa shape index (κ3) is 2.70. The van der Waals surface area contributed by atoms with Crippen LogP contribution in [0.2, 0.25) is 0 Å². The molecule has 0 bridgehead atoms. The third-order valence-electron chi connectivity index (χ3n) is 3.71. The number of benzene rings is 1. The maximum Gasteiger partial charge on any atom is 0.322 e. The van der Waals surface area contributed by atoms with Crippen LogP contribution in [0.3, 0.4) is 0 Å². The Bertz CT molecular complexity index is 594. The summed E-state index contributed by atoms with van der Waals surface area (Å²) in [7, 11) is 0. The van der Waals surface area contributed by atoms with Crippen LogP contribution in [0.4, 0.5) is 10.5 Å². The SMILES string of the molecule is Cc1cccc(NC(=O)N2CCC[C@@H]2c2ccsc2)c1. The number of hydrogen-bond acceptors (Lipinski definition) is 2. The van der Waals surface area contributed by atoms with Gasteiger partial charge in [0.15, 0.2) is 0 Å². The molecule has 2 heterocycles. The summed E-state index contributed by atoms with van der Waals surface area (Å²) in [5, 5.41) is 7.22. The zero-order chi connectivity index (χ0) is 13.9. The molecule has 2 aromatic rings. The molecule has 0 spiro atoms. The number of thiophene rings is 1. The lowest BCUT2D eigenvalue weighted by Crippen LogP contribution is -2.34. The van der Waals surface area contributed by atoms with E-state index in [1.807, 2.05) is 36.1 Å². The topological polar surface area (TPSA) is 32.3 Å². The summed E-state index contributed by atoms with van der Waals surface area (Å²) in [4.78, 5) is 14.4. The Labute approximate surface area is 123 Å². The highest BCUT2D eigenvalue weighted by Gasteiger charge is 2.30. The Kier molecular flexibility index (Phi) is 3.74. The Morgan fingerprint density at radius 1 is 1.40 bits per heavy atom. The maximum atomic E-state index is 12.4. The van der Waals surface area contributed by atoms with E-state index >= 15 is 0 Å². The predicted octanol–water partition coefficient (Wildman–Crippen LogP) is 4.43. The van der Waals surface area contributed by atoms with Crippen LogP contribution in [0.15, 0.2) is 41.1 Å². The van der Waals surface area contributed by atoms with Crippen molar-refractivity contribution in [1.82, 2.24) is 4.90 Å². The first-order valence-corrected chi connectivity index (χ1v) is 7.85. The molecule has 1 N–H and O–H groups in total. The van der Waals surface area contributed by atoms with Gasteiger partial charge in [-0.2, -0.15) is 11.3 Å². The van der Waals surface area contributed by atoms with Crippen molar-refractivity contribution in [2.75, 3.05) is 11.9 Å². The number of carbonyl (C=O) groups excluding carboxylic acids is 1. The van der Waals surface area contributed by atoms with Crippen molar-refractivity contribution in [3.05, 3.63) is 52.2 Å². The van der Waals surface area contributed by atoms with Gasteiger partial charge in [-0.05, 0) is 59.9 Å². The molecule has 3 rings (SSSR count). The molecule has 1 aromatic carbocycles. The number of nitrogens with one attached hydrogen (secondary N) is 1. The number of nitrogens with zero attached hydrogens (tertiary/aromatic N) is 1. The van der Waals surface area contributed by atoms with Crippen LogP contribution < -0.4 is 5.32 Å². The molecule has 1 aliphatic rings. The van der Waals surface area contributed by atoms with E-state index in [-0.39, 0.29) is 12.1 Å². The lowest BCUT2D eigenvalue weighted by molar-refractivity contribution is 0.207. The second kappa shape index (κ2) is 5.67. The average molecular weight is 286 g/mol. The molecule has 1 atom stereocenters. The molecule has 2 amide bonds. The number of carbonyl (C=O) groups is 1. The normalized spacial score (nSPS) is 18.2. The van der Waals surface area contributed by atoms with Gasteiger partial charge in [0.1, 0.15) is 0 Å². The van der Waals surface area contributed by atoms with E-state index in [4.69, 9.17) is 0 Å². The van der Waals surface area contributed by atoms with Crippen molar-refractivity contribution in [3.63, 3.8) is 0 Å². The van der Waals surface area contributed by atoms with Gasteiger partial charge in [0.2, 0.25) is 0 Å². The third-order valence-corrected chi connectivity index (χ3v) is 4.41. The van der Waals surface area contributed by atoms with E-state index < -0.39 is 0 Å². The van der Waals surface area contributed by atoms with E-state index in [1.54, 1.807) is 11.3 Å². The average Bonchev–Trinajstić information content (AvgIpc) is 3.09. The van der Waals surface area contributed by atoms with Crippen molar-refractivity contribution >= 4 is 23.1 Å². The van der Waals surface area contributed by atoms with Gasteiger partial charge in [-0.3, -0.25) is 0 Å². The number of anilines is 1. The van der Waals surface area contributed by atoms with Crippen LogP contribution >= 0.6 is 11.3 Å². The van der Waals surface area contributed by atoms with E-state index in [0.29, 0.717) is 0 Å². The highest BCUT2D eigenvalue weighted by atomic mass is 32.1. The molecule has 104 valence electrons. The van der Waals surface area contributed by atoms with Crippen molar-refractivity contribution in [2.45, 2.75) is 25.8 Å². The van der Waals surface area contributed by atoms with Gasteiger partial charge in [-0.25, -0.2) is 4.79 Å². The fraction of sp³-hybridized carbons (Fsp3) is 0.312. The first-order chi connectivity index (χ1) is 9.74. The molecule has 1 fully saturated rings. The minimum absolute atomic E-state index is 0.00398. The molecule has 3 nitrogen and oxygen atoms in total. The second-order valence-electron chi connectivity index (χ2n) is 5.21. The Balaban J connectivity index is 1.73. The van der Waals surface area contributed by atoms with Crippen LogP contribution in [-0.4, -0.2) is 17.5 Å². The van der Waals surface area contributed by atoms with Crippen LogP contribution in [0.1, 0.15) is 30.0 Å². The van der Waals surface area contributed by atoms with Crippen molar-refractivity contribution in [3.8, 4) is 0 Å². The van der Waals surface area contributed by atoms with Crippen molar-refractivity contribution in [2.24, 2.45) is 0 Å². The monoisotopic (exact) mass is 286 g/mol. The number of amides is 2. The minimum atomic E-state index is 0.00398. The predicted molar refractivity (Wildman–Crippen MR) is 83.2 cm³/mol. The number of hydrogen-bond donors (Lipinski definition) is 1. The highest BCUT2D eigenvalue weighted by molar-refractivity contribution is 7.07. The second-order valence-corrected chi connectivity index (χ2v) is 5.99. The van der Waals surface area contributed by atoms with Crippen LogP contribution in [0, 0.1) is 6.92 Å². The Hall–Kier alpha value is -1.81. The van der Waals surface area contributed by atoms with E-state index in [0.717, 1.165) is 30.6 Å². The zero-order valence-electron chi connectivity index (χ0n) is 11.5. The maximum absolute atomic E-state index is 12.4. The molecule has 0 unspecified atom stereocenters. The molecule has 1 aliphatic heterocycles. The summed E-state index contributed by atoms with van der Waals surface area (Å²) >= 11 is 1.69. The largest absolute Gasteiger partial charge is 0.322 e. The number of likely N-dealkylation sites (tertiary alicyclic amines) is 1. The molecule has 0 radical (unpaired) electrons.